The average Bonchev–Trinajstić information content (AvgIpc) is 2.42. The Morgan fingerprint density at radius 3 is 2.35 bits per heavy atom. The van der Waals surface area contributed by atoms with Gasteiger partial charge in [0.1, 0.15) is 18.5 Å². The molecule has 2 rings (SSSR count). The molecule has 1 aliphatic rings. The summed E-state index contributed by atoms with van der Waals surface area (Å²) in [5, 5.41) is 10.5. The number of hydrogen-bond donors (Lipinski definition) is 1. The summed E-state index contributed by atoms with van der Waals surface area (Å²) in [6.45, 7) is 13.9. The third kappa shape index (κ3) is 4.15. The highest BCUT2D eigenvalue weighted by Crippen LogP contribution is 2.34. The first kappa shape index (κ1) is 18.0. The number of aliphatic hydroxyl groups excluding tert-OH is 1. The minimum absolute atomic E-state index is 0.0395. The van der Waals surface area contributed by atoms with Gasteiger partial charge in [-0.3, -0.25) is 4.90 Å². The van der Waals surface area contributed by atoms with E-state index < -0.39 is 6.10 Å². The quantitative estimate of drug-likeness (QED) is 0.837. The molecule has 0 bridgehead atoms. The first-order valence-corrected chi connectivity index (χ1v) is 8.46. The minimum atomic E-state index is -0.515. The van der Waals surface area contributed by atoms with E-state index in [1.54, 1.807) is 0 Å². The Balaban J connectivity index is 2.02. The van der Waals surface area contributed by atoms with E-state index in [0.29, 0.717) is 13.2 Å². The molecule has 0 radical (unpaired) electrons. The van der Waals surface area contributed by atoms with Gasteiger partial charge in [-0.1, -0.05) is 30.4 Å². The molecule has 1 atom stereocenters. The van der Waals surface area contributed by atoms with E-state index in [-0.39, 0.29) is 11.1 Å². The Morgan fingerprint density at radius 1 is 1.17 bits per heavy atom. The maximum atomic E-state index is 10.5. The van der Waals surface area contributed by atoms with Crippen molar-refractivity contribution in [3.63, 3.8) is 0 Å². The number of aliphatic hydroxyl groups is 1. The van der Waals surface area contributed by atoms with Crippen LogP contribution in [0, 0.1) is 13.8 Å². The lowest BCUT2D eigenvalue weighted by Crippen LogP contribution is -2.59. The zero-order valence-corrected chi connectivity index (χ0v) is 15.4. The number of para-hydroxylation sites is 1. The van der Waals surface area contributed by atoms with Gasteiger partial charge in [0.25, 0.3) is 0 Å². The van der Waals surface area contributed by atoms with E-state index in [1.807, 2.05) is 32.0 Å². The topological polar surface area (TPSA) is 32.7 Å². The fraction of sp³-hybridized carbons (Fsp3) is 0.600. The Kier molecular flexibility index (Phi) is 5.22. The summed E-state index contributed by atoms with van der Waals surface area (Å²) >= 11 is 0. The van der Waals surface area contributed by atoms with Gasteiger partial charge >= 0.3 is 0 Å². The predicted molar refractivity (Wildman–Crippen MR) is 96.0 cm³/mol. The van der Waals surface area contributed by atoms with Crippen LogP contribution in [0.15, 0.2) is 30.4 Å². The first-order valence-electron chi connectivity index (χ1n) is 8.46. The molecule has 1 aromatic rings. The molecule has 0 aromatic heterocycles. The van der Waals surface area contributed by atoms with Crippen LogP contribution in [-0.4, -0.2) is 40.3 Å². The van der Waals surface area contributed by atoms with Crippen LogP contribution in [0.25, 0.3) is 0 Å². The second-order valence-electron chi connectivity index (χ2n) is 7.87. The zero-order chi connectivity index (χ0) is 17.3. The van der Waals surface area contributed by atoms with Gasteiger partial charge in [0.2, 0.25) is 0 Å². The molecule has 3 nitrogen and oxygen atoms in total. The van der Waals surface area contributed by atoms with Gasteiger partial charge in [-0.05, 0) is 59.1 Å². The van der Waals surface area contributed by atoms with Crippen LogP contribution >= 0.6 is 0 Å². The normalized spacial score (nSPS) is 21.2. The molecule has 1 aromatic carbocycles. The third-order valence-electron chi connectivity index (χ3n) is 4.79. The maximum absolute atomic E-state index is 10.5. The molecule has 0 fully saturated rings. The average molecular weight is 317 g/mol. The highest BCUT2D eigenvalue weighted by Gasteiger charge is 2.39. The van der Waals surface area contributed by atoms with Crippen molar-refractivity contribution >= 4 is 0 Å². The fourth-order valence-corrected chi connectivity index (χ4v) is 3.57. The van der Waals surface area contributed by atoms with Crippen LogP contribution in [-0.2, 0) is 0 Å². The summed E-state index contributed by atoms with van der Waals surface area (Å²) in [5.74, 6) is 0.892. The maximum Gasteiger partial charge on any atom is 0.125 e. The van der Waals surface area contributed by atoms with Gasteiger partial charge in [-0.15, -0.1) is 0 Å². The number of β-amino-alcohol motifs (C(OH)–C–C–N with tert-alkyl or cyclic N) is 1. The van der Waals surface area contributed by atoms with Crippen molar-refractivity contribution in [1.29, 1.82) is 0 Å². The summed E-state index contributed by atoms with van der Waals surface area (Å²) in [4.78, 5) is 2.37. The number of hydrogen-bond acceptors (Lipinski definition) is 3. The second kappa shape index (κ2) is 6.66. The van der Waals surface area contributed by atoms with E-state index >= 15 is 0 Å². The van der Waals surface area contributed by atoms with Crippen molar-refractivity contribution in [3.05, 3.63) is 41.5 Å². The standard InChI is InChI=1S/C20H31NO2/c1-15-9-7-10-16(2)18(15)23-14-17(22)13-21-19(3,4)11-8-12-20(21,5)6/h7-11,17,22H,12-14H2,1-6H3. The van der Waals surface area contributed by atoms with Gasteiger partial charge in [-0.25, -0.2) is 0 Å². The Morgan fingerprint density at radius 2 is 1.78 bits per heavy atom. The predicted octanol–water partition coefficient (Wildman–Crippen LogP) is 3.86. The number of benzene rings is 1. The molecule has 3 heteroatoms. The smallest absolute Gasteiger partial charge is 0.125 e. The van der Waals surface area contributed by atoms with Gasteiger partial charge in [-0.2, -0.15) is 0 Å². The lowest BCUT2D eigenvalue weighted by atomic mass is 9.84. The highest BCUT2D eigenvalue weighted by molar-refractivity contribution is 5.39. The molecule has 0 saturated carbocycles. The van der Waals surface area contributed by atoms with Crippen molar-refractivity contribution in [2.75, 3.05) is 13.2 Å². The molecule has 23 heavy (non-hydrogen) atoms. The van der Waals surface area contributed by atoms with Crippen LogP contribution in [0.3, 0.4) is 0 Å². The van der Waals surface area contributed by atoms with E-state index in [0.717, 1.165) is 23.3 Å². The van der Waals surface area contributed by atoms with E-state index in [4.69, 9.17) is 4.74 Å². The second-order valence-corrected chi connectivity index (χ2v) is 7.87. The molecule has 1 unspecified atom stereocenters. The van der Waals surface area contributed by atoms with E-state index in [2.05, 4.69) is 44.7 Å². The molecular weight excluding hydrogens is 286 g/mol. The van der Waals surface area contributed by atoms with Gasteiger partial charge in [0.05, 0.1) is 0 Å². The van der Waals surface area contributed by atoms with Crippen LogP contribution in [0.5, 0.6) is 5.75 Å². The fourth-order valence-electron chi connectivity index (χ4n) is 3.57. The zero-order valence-electron chi connectivity index (χ0n) is 15.4. The van der Waals surface area contributed by atoms with Crippen LogP contribution in [0.2, 0.25) is 0 Å². The Hall–Kier alpha value is -1.32. The molecule has 1 heterocycles. The third-order valence-corrected chi connectivity index (χ3v) is 4.79. The Labute approximate surface area is 141 Å². The molecular formula is C20H31NO2. The number of ether oxygens (including phenoxy) is 1. The molecule has 0 aliphatic carbocycles. The minimum Gasteiger partial charge on any atom is -0.490 e. The summed E-state index contributed by atoms with van der Waals surface area (Å²) in [7, 11) is 0. The Bertz CT molecular complexity index is 555. The van der Waals surface area contributed by atoms with Crippen molar-refractivity contribution in [3.8, 4) is 5.75 Å². The summed E-state index contributed by atoms with van der Waals surface area (Å²) in [5.41, 5.74) is 2.21. The van der Waals surface area contributed by atoms with Crippen LogP contribution in [0.4, 0.5) is 0 Å². The first-order chi connectivity index (χ1) is 10.6. The summed E-state index contributed by atoms with van der Waals surface area (Å²) < 4.78 is 5.91. The number of rotatable bonds is 5. The monoisotopic (exact) mass is 317 g/mol. The largest absolute Gasteiger partial charge is 0.490 e. The summed E-state index contributed by atoms with van der Waals surface area (Å²) in [6, 6.07) is 6.10. The van der Waals surface area contributed by atoms with Crippen molar-refractivity contribution in [2.45, 2.75) is 65.1 Å². The molecule has 0 saturated heterocycles. The lowest BCUT2D eigenvalue weighted by molar-refractivity contribution is -0.0191. The molecule has 0 amide bonds. The van der Waals surface area contributed by atoms with Gasteiger partial charge in [0, 0.05) is 17.6 Å². The highest BCUT2D eigenvalue weighted by atomic mass is 16.5. The van der Waals surface area contributed by atoms with E-state index in [1.165, 1.54) is 0 Å². The van der Waals surface area contributed by atoms with Crippen molar-refractivity contribution < 1.29 is 9.84 Å². The van der Waals surface area contributed by atoms with E-state index in [9.17, 15) is 5.11 Å². The molecule has 0 spiro atoms. The lowest BCUT2D eigenvalue weighted by Gasteiger charge is -2.50. The van der Waals surface area contributed by atoms with Crippen LogP contribution in [0.1, 0.15) is 45.2 Å². The number of nitrogens with zero attached hydrogens (tertiary/aromatic N) is 1. The SMILES string of the molecule is Cc1cccc(C)c1OCC(O)CN1C(C)(C)C=CCC1(C)C. The summed E-state index contributed by atoms with van der Waals surface area (Å²) in [6.07, 6.45) is 4.97. The molecule has 1 N–H and O–H groups in total. The van der Waals surface area contributed by atoms with Gasteiger partial charge in [0.15, 0.2) is 0 Å². The molecule has 1 aliphatic heterocycles. The molecule has 128 valence electrons. The van der Waals surface area contributed by atoms with Gasteiger partial charge < -0.3 is 9.84 Å². The number of aryl methyl sites for hydroxylation is 2. The van der Waals surface area contributed by atoms with Crippen molar-refractivity contribution in [1.82, 2.24) is 4.90 Å². The van der Waals surface area contributed by atoms with Crippen LogP contribution < -0.4 is 4.74 Å². The van der Waals surface area contributed by atoms with Crippen molar-refractivity contribution in [2.24, 2.45) is 0 Å².